The van der Waals surface area contributed by atoms with Gasteiger partial charge in [-0.25, -0.2) is 4.79 Å². The summed E-state index contributed by atoms with van der Waals surface area (Å²) in [6.07, 6.45) is -0.130. The van der Waals surface area contributed by atoms with Gasteiger partial charge in [0.25, 0.3) is 0 Å². The second-order valence-corrected chi connectivity index (χ2v) is 6.26. The number of phenols is 1. The molecule has 0 aliphatic heterocycles. The van der Waals surface area contributed by atoms with E-state index in [1.165, 1.54) is 12.1 Å². The molecule has 0 aliphatic rings. The Labute approximate surface area is 168 Å². The van der Waals surface area contributed by atoms with Gasteiger partial charge < -0.3 is 23.9 Å². The number of phenolic OH excluding ortho intramolecular Hbond substituents is 1. The molecule has 29 heavy (non-hydrogen) atoms. The molecule has 152 valence electrons. The zero-order chi connectivity index (χ0) is 21.0. The van der Waals surface area contributed by atoms with Crippen molar-refractivity contribution >= 4 is 22.8 Å². The van der Waals surface area contributed by atoms with Crippen LogP contribution in [0.1, 0.15) is 29.9 Å². The quantitative estimate of drug-likeness (QED) is 0.613. The molecule has 2 aromatic carbocycles. The lowest BCUT2D eigenvalue weighted by Crippen LogP contribution is -2.15. The Balaban J connectivity index is 2.34. The Kier molecular flexibility index (Phi) is 6.07. The minimum atomic E-state index is -0.566. The fraction of sp³-hybridized carbons (Fsp3) is 0.273. The molecule has 1 heterocycles. The van der Waals surface area contributed by atoms with Crippen molar-refractivity contribution in [3.8, 4) is 17.2 Å². The van der Waals surface area contributed by atoms with Gasteiger partial charge in [-0.15, -0.1) is 0 Å². The fourth-order valence-electron chi connectivity index (χ4n) is 3.32. The van der Waals surface area contributed by atoms with Crippen LogP contribution in [0.2, 0.25) is 0 Å². The van der Waals surface area contributed by atoms with Gasteiger partial charge in [-0.2, -0.15) is 0 Å². The Hall–Kier alpha value is -3.48. The Bertz CT molecular complexity index is 1050. The summed E-state index contributed by atoms with van der Waals surface area (Å²) < 4.78 is 17.5. The number of methoxy groups -OCH3 is 1. The first-order chi connectivity index (χ1) is 14.0. The van der Waals surface area contributed by atoms with Crippen LogP contribution in [0, 0.1) is 0 Å². The number of ether oxygens (including phenoxy) is 3. The average molecular weight is 397 g/mol. The predicted molar refractivity (Wildman–Crippen MR) is 108 cm³/mol. The lowest BCUT2D eigenvalue weighted by Gasteiger charge is -2.13. The van der Waals surface area contributed by atoms with Gasteiger partial charge in [-0.1, -0.05) is 6.07 Å². The standard InChI is InChI=1S/C22H23NO6/c1-4-28-20(25)13-19-21(22(26)29-5-2)17-12-15(24)9-10-18(17)23(19)14-7-6-8-16(11-14)27-3/h6-12,24H,4-5,13H2,1-3H3. The highest BCUT2D eigenvalue weighted by atomic mass is 16.5. The largest absolute Gasteiger partial charge is 0.508 e. The molecule has 0 bridgehead atoms. The summed E-state index contributed by atoms with van der Waals surface area (Å²) in [5, 5.41) is 10.5. The number of esters is 2. The molecule has 0 aliphatic carbocycles. The van der Waals surface area contributed by atoms with E-state index in [-0.39, 0.29) is 30.9 Å². The number of carbonyl (C=O) groups excluding carboxylic acids is 2. The summed E-state index contributed by atoms with van der Waals surface area (Å²) in [7, 11) is 1.56. The van der Waals surface area contributed by atoms with Crippen LogP contribution in [0.3, 0.4) is 0 Å². The van der Waals surface area contributed by atoms with E-state index in [4.69, 9.17) is 14.2 Å². The molecule has 3 aromatic rings. The molecule has 0 fully saturated rings. The summed E-state index contributed by atoms with van der Waals surface area (Å²) >= 11 is 0. The van der Waals surface area contributed by atoms with Crippen molar-refractivity contribution in [1.82, 2.24) is 4.57 Å². The number of aromatic hydroxyl groups is 1. The second-order valence-electron chi connectivity index (χ2n) is 6.26. The molecule has 0 amide bonds. The molecule has 0 unspecified atom stereocenters. The SMILES string of the molecule is CCOC(=O)Cc1c(C(=O)OCC)c2cc(O)ccc2n1-c1cccc(OC)c1. The van der Waals surface area contributed by atoms with Gasteiger partial charge >= 0.3 is 11.9 Å². The molecule has 1 N–H and O–H groups in total. The molecule has 7 heteroatoms. The van der Waals surface area contributed by atoms with Crippen LogP contribution in [0.4, 0.5) is 0 Å². The number of carbonyl (C=O) groups is 2. The Morgan fingerprint density at radius 1 is 1.03 bits per heavy atom. The van der Waals surface area contributed by atoms with Crippen LogP contribution in [0.25, 0.3) is 16.6 Å². The maximum Gasteiger partial charge on any atom is 0.340 e. The van der Waals surface area contributed by atoms with Crippen molar-refractivity contribution in [2.24, 2.45) is 0 Å². The number of benzene rings is 2. The first-order valence-electron chi connectivity index (χ1n) is 9.33. The van der Waals surface area contributed by atoms with Crippen molar-refractivity contribution in [3.63, 3.8) is 0 Å². The van der Waals surface area contributed by atoms with Gasteiger partial charge in [0.1, 0.15) is 11.5 Å². The van der Waals surface area contributed by atoms with E-state index in [1.807, 2.05) is 12.1 Å². The Morgan fingerprint density at radius 3 is 2.48 bits per heavy atom. The van der Waals surface area contributed by atoms with Crippen LogP contribution in [0.5, 0.6) is 11.5 Å². The van der Waals surface area contributed by atoms with Gasteiger partial charge in [0.15, 0.2) is 0 Å². The molecule has 1 aromatic heterocycles. The third-order valence-electron chi connectivity index (χ3n) is 4.46. The minimum absolute atomic E-state index is 0.00789. The number of rotatable bonds is 7. The van der Waals surface area contributed by atoms with Crippen molar-refractivity contribution < 1.29 is 28.9 Å². The first kappa shape index (κ1) is 20.3. The van der Waals surface area contributed by atoms with E-state index in [0.717, 1.165) is 0 Å². The molecular formula is C22H23NO6. The van der Waals surface area contributed by atoms with Crippen LogP contribution in [-0.4, -0.2) is 41.9 Å². The number of aromatic nitrogens is 1. The van der Waals surface area contributed by atoms with Gasteiger partial charge in [-0.05, 0) is 44.2 Å². The lowest BCUT2D eigenvalue weighted by molar-refractivity contribution is -0.142. The summed E-state index contributed by atoms with van der Waals surface area (Å²) in [6, 6.07) is 12.0. The van der Waals surface area contributed by atoms with E-state index < -0.39 is 11.9 Å². The topological polar surface area (TPSA) is 87.0 Å². The van der Waals surface area contributed by atoms with E-state index in [1.54, 1.807) is 43.7 Å². The van der Waals surface area contributed by atoms with E-state index in [2.05, 4.69) is 0 Å². The molecule has 0 saturated carbocycles. The molecule has 0 radical (unpaired) electrons. The van der Waals surface area contributed by atoms with Crippen molar-refractivity contribution in [2.45, 2.75) is 20.3 Å². The second kappa shape index (κ2) is 8.68. The lowest BCUT2D eigenvalue weighted by atomic mass is 10.1. The van der Waals surface area contributed by atoms with E-state index >= 15 is 0 Å². The van der Waals surface area contributed by atoms with Gasteiger partial charge in [0.2, 0.25) is 0 Å². The Morgan fingerprint density at radius 2 is 1.79 bits per heavy atom. The van der Waals surface area contributed by atoms with Crippen LogP contribution in [-0.2, 0) is 20.7 Å². The molecule has 3 rings (SSSR count). The van der Waals surface area contributed by atoms with Crippen LogP contribution < -0.4 is 4.74 Å². The number of hydrogen-bond donors (Lipinski definition) is 1. The predicted octanol–water partition coefficient (Wildman–Crippen LogP) is 3.63. The highest BCUT2D eigenvalue weighted by Crippen LogP contribution is 2.34. The average Bonchev–Trinajstić information content (AvgIpc) is 3.01. The number of hydrogen-bond acceptors (Lipinski definition) is 6. The normalized spacial score (nSPS) is 10.7. The molecule has 0 spiro atoms. The van der Waals surface area contributed by atoms with Crippen LogP contribution in [0.15, 0.2) is 42.5 Å². The summed E-state index contributed by atoms with van der Waals surface area (Å²) in [5.74, 6) is -0.394. The maximum absolute atomic E-state index is 12.8. The van der Waals surface area contributed by atoms with E-state index in [0.29, 0.717) is 28.0 Å². The van der Waals surface area contributed by atoms with E-state index in [9.17, 15) is 14.7 Å². The molecular weight excluding hydrogens is 374 g/mol. The zero-order valence-electron chi connectivity index (χ0n) is 16.6. The summed E-state index contributed by atoms with van der Waals surface area (Å²) in [4.78, 5) is 25.1. The third-order valence-corrected chi connectivity index (χ3v) is 4.46. The van der Waals surface area contributed by atoms with Crippen molar-refractivity contribution in [3.05, 3.63) is 53.7 Å². The molecule has 0 atom stereocenters. The molecule has 0 saturated heterocycles. The van der Waals surface area contributed by atoms with Crippen molar-refractivity contribution in [1.29, 1.82) is 0 Å². The highest BCUT2D eigenvalue weighted by Gasteiger charge is 2.27. The minimum Gasteiger partial charge on any atom is -0.508 e. The zero-order valence-corrected chi connectivity index (χ0v) is 16.6. The monoisotopic (exact) mass is 397 g/mol. The maximum atomic E-state index is 12.8. The summed E-state index contributed by atoms with van der Waals surface area (Å²) in [6.45, 7) is 3.84. The van der Waals surface area contributed by atoms with Crippen molar-refractivity contribution in [2.75, 3.05) is 20.3 Å². The first-order valence-corrected chi connectivity index (χ1v) is 9.33. The smallest absolute Gasteiger partial charge is 0.340 e. The van der Waals surface area contributed by atoms with Gasteiger partial charge in [-0.3, -0.25) is 4.79 Å². The fourth-order valence-corrected chi connectivity index (χ4v) is 3.32. The van der Waals surface area contributed by atoms with Gasteiger partial charge in [0.05, 0.1) is 37.8 Å². The third kappa shape index (κ3) is 4.03. The van der Waals surface area contributed by atoms with Gasteiger partial charge in [0, 0.05) is 22.8 Å². The molecule has 7 nitrogen and oxygen atoms in total. The van der Waals surface area contributed by atoms with Crippen LogP contribution >= 0.6 is 0 Å². The number of fused-ring (bicyclic) bond motifs is 1. The number of nitrogens with zero attached hydrogens (tertiary/aromatic N) is 1. The highest BCUT2D eigenvalue weighted by molar-refractivity contribution is 6.07. The summed E-state index contributed by atoms with van der Waals surface area (Å²) in [5.41, 5.74) is 2.01.